The van der Waals surface area contributed by atoms with Crippen molar-refractivity contribution in [1.82, 2.24) is 0 Å². The molecule has 0 fully saturated rings. The molecule has 126 valence electrons. The van der Waals surface area contributed by atoms with Crippen LogP contribution in [0.2, 0.25) is 0 Å². The van der Waals surface area contributed by atoms with Gasteiger partial charge in [0.25, 0.3) is 0 Å². The smallest absolute Gasteiger partial charge is 0.422 e. The summed E-state index contributed by atoms with van der Waals surface area (Å²) < 4.78 is 80.5. The molecular weight excluding hydrogens is 302 g/mol. The standard InChI is InChI=1S/C13H20F6O2/c1-8(2)11(13(17,18)19,6-10(3,4)5)9(20)21-7-12(14,15)16/h8H,6-7H2,1-5H3. The van der Waals surface area contributed by atoms with Crippen LogP contribution in [0.25, 0.3) is 0 Å². The van der Waals surface area contributed by atoms with Crippen molar-refractivity contribution in [3.63, 3.8) is 0 Å². The molecule has 0 rings (SSSR count). The van der Waals surface area contributed by atoms with Crippen LogP contribution in [0.15, 0.2) is 0 Å². The van der Waals surface area contributed by atoms with Gasteiger partial charge in [0.2, 0.25) is 0 Å². The summed E-state index contributed by atoms with van der Waals surface area (Å²) >= 11 is 0. The summed E-state index contributed by atoms with van der Waals surface area (Å²) in [5.74, 6) is -3.13. The number of hydrogen-bond acceptors (Lipinski definition) is 2. The lowest BCUT2D eigenvalue weighted by Gasteiger charge is -2.40. The van der Waals surface area contributed by atoms with Crippen molar-refractivity contribution in [3.05, 3.63) is 0 Å². The molecular formula is C13H20F6O2. The minimum absolute atomic E-state index is 0.655. The van der Waals surface area contributed by atoms with Gasteiger partial charge in [0.1, 0.15) is 0 Å². The number of carbonyl (C=O) groups excluding carboxylic acids is 1. The van der Waals surface area contributed by atoms with Gasteiger partial charge in [0.05, 0.1) is 0 Å². The quantitative estimate of drug-likeness (QED) is 0.552. The van der Waals surface area contributed by atoms with Crippen LogP contribution >= 0.6 is 0 Å². The molecule has 0 heterocycles. The number of esters is 1. The van der Waals surface area contributed by atoms with Crippen molar-refractivity contribution < 1.29 is 35.9 Å². The molecule has 0 aromatic rings. The SMILES string of the molecule is CC(C)C(CC(C)(C)C)(C(=O)OCC(F)(F)F)C(F)(F)F. The van der Waals surface area contributed by atoms with Gasteiger partial charge in [0.15, 0.2) is 12.0 Å². The van der Waals surface area contributed by atoms with Crippen LogP contribution in [0.3, 0.4) is 0 Å². The largest absolute Gasteiger partial charge is 0.455 e. The second-order valence-corrected chi connectivity index (χ2v) is 6.55. The van der Waals surface area contributed by atoms with E-state index in [4.69, 9.17) is 0 Å². The van der Waals surface area contributed by atoms with Gasteiger partial charge in [-0.3, -0.25) is 4.79 Å². The van der Waals surface area contributed by atoms with Crippen LogP contribution in [0.4, 0.5) is 26.3 Å². The fourth-order valence-electron chi connectivity index (χ4n) is 2.17. The van der Waals surface area contributed by atoms with Crippen LogP contribution in [0.5, 0.6) is 0 Å². The van der Waals surface area contributed by atoms with Crippen molar-refractivity contribution in [2.75, 3.05) is 6.61 Å². The molecule has 0 bridgehead atoms. The molecule has 0 N–H and O–H groups in total. The lowest BCUT2D eigenvalue weighted by atomic mass is 9.67. The molecule has 0 aliphatic heterocycles. The lowest BCUT2D eigenvalue weighted by molar-refractivity contribution is -0.261. The van der Waals surface area contributed by atoms with E-state index < -0.39 is 48.1 Å². The Labute approximate surface area is 119 Å². The normalized spacial score (nSPS) is 16.8. The van der Waals surface area contributed by atoms with E-state index in [0.29, 0.717) is 0 Å². The summed E-state index contributed by atoms with van der Waals surface area (Å²) in [6.45, 7) is 4.70. The third-order valence-corrected chi connectivity index (χ3v) is 3.03. The molecule has 0 aliphatic carbocycles. The Kier molecular flexibility index (Phi) is 5.77. The number of halogens is 6. The Bertz CT molecular complexity index is 364. The van der Waals surface area contributed by atoms with Crippen LogP contribution in [0.1, 0.15) is 41.0 Å². The van der Waals surface area contributed by atoms with E-state index in [0.717, 1.165) is 13.8 Å². The second-order valence-electron chi connectivity index (χ2n) is 6.55. The van der Waals surface area contributed by atoms with Crippen molar-refractivity contribution >= 4 is 5.97 Å². The van der Waals surface area contributed by atoms with E-state index in [1.165, 1.54) is 20.8 Å². The van der Waals surface area contributed by atoms with E-state index in [1.807, 2.05) is 0 Å². The minimum atomic E-state index is -5.00. The highest BCUT2D eigenvalue weighted by molar-refractivity contribution is 5.78. The molecule has 1 atom stereocenters. The number of rotatable bonds is 4. The lowest BCUT2D eigenvalue weighted by Crippen LogP contribution is -2.52. The third kappa shape index (κ3) is 5.39. The maximum atomic E-state index is 13.4. The topological polar surface area (TPSA) is 26.3 Å². The Hall–Kier alpha value is -0.950. The average Bonchev–Trinajstić information content (AvgIpc) is 2.17. The number of ether oxygens (including phenoxy) is 1. The van der Waals surface area contributed by atoms with Crippen molar-refractivity contribution in [2.45, 2.75) is 53.4 Å². The fraction of sp³-hybridized carbons (Fsp3) is 0.923. The van der Waals surface area contributed by atoms with Crippen molar-refractivity contribution in [3.8, 4) is 0 Å². The highest BCUT2D eigenvalue weighted by Gasteiger charge is 2.64. The molecule has 2 nitrogen and oxygen atoms in total. The van der Waals surface area contributed by atoms with E-state index in [-0.39, 0.29) is 0 Å². The second kappa shape index (κ2) is 6.04. The molecule has 0 spiro atoms. The third-order valence-electron chi connectivity index (χ3n) is 3.03. The molecule has 21 heavy (non-hydrogen) atoms. The molecule has 1 unspecified atom stereocenters. The summed E-state index contributed by atoms with van der Waals surface area (Å²) in [6.07, 6.45) is -10.5. The highest BCUT2D eigenvalue weighted by atomic mass is 19.4. The zero-order chi connectivity index (χ0) is 17.3. The summed E-state index contributed by atoms with van der Waals surface area (Å²) in [7, 11) is 0. The fourth-order valence-corrected chi connectivity index (χ4v) is 2.17. The Balaban J connectivity index is 5.63. The van der Waals surface area contributed by atoms with Crippen LogP contribution in [0, 0.1) is 16.7 Å². The van der Waals surface area contributed by atoms with Gasteiger partial charge in [-0.25, -0.2) is 0 Å². The zero-order valence-electron chi connectivity index (χ0n) is 12.6. The molecule has 0 aromatic heterocycles. The molecule has 0 amide bonds. The van der Waals surface area contributed by atoms with Crippen molar-refractivity contribution in [1.29, 1.82) is 0 Å². The first-order chi connectivity index (χ1) is 9.03. The molecule has 0 aromatic carbocycles. The predicted octanol–water partition coefficient (Wildman–Crippen LogP) is 4.73. The maximum Gasteiger partial charge on any atom is 0.422 e. The first-order valence-electron chi connectivity index (χ1n) is 6.33. The molecule has 0 radical (unpaired) electrons. The Morgan fingerprint density at radius 1 is 1.00 bits per heavy atom. The molecule has 0 saturated heterocycles. The first-order valence-corrected chi connectivity index (χ1v) is 6.33. The van der Waals surface area contributed by atoms with Gasteiger partial charge in [-0.2, -0.15) is 26.3 Å². The Morgan fingerprint density at radius 2 is 1.43 bits per heavy atom. The maximum absolute atomic E-state index is 13.4. The summed E-state index contributed by atoms with van der Waals surface area (Å²) in [5.41, 5.74) is -3.88. The van der Waals surface area contributed by atoms with Crippen LogP contribution < -0.4 is 0 Å². The Morgan fingerprint density at radius 3 is 1.67 bits per heavy atom. The summed E-state index contributed by atoms with van der Waals surface area (Å²) in [4.78, 5) is 11.8. The van der Waals surface area contributed by atoms with Gasteiger partial charge < -0.3 is 4.74 Å². The van der Waals surface area contributed by atoms with Gasteiger partial charge in [-0.1, -0.05) is 34.6 Å². The summed E-state index contributed by atoms with van der Waals surface area (Å²) in [6, 6.07) is 0. The predicted molar refractivity (Wildman–Crippen MR) is 64.4 cm³/mol. The monoisotopic (exact) mass is 322 g/mol. The molecule has 0 aliphatic rings. The molecule has 0 saturated carbocycles. The number of alkyl halides is 6. The van der Waals surface area contributed by atoms with Gasteiger partial charge >= 0.3 is 18.3 Å². The minimum Gasteiger partial charge on any atom is -0.455 e. The van der Waals surface area contributed by atoms with Crippen molar-refractivity contribution in [2.24, 2.45) is 16.7 Å². The van der Waals surface area contributed by atoms with E-state index >= 15 is 0 Å². The van der Waals surface area contributed by atoms with E-state index in [1.54, 1.807) is 0 Å². The number of hydrogen-bond donors (Lipinski definition) is 0. The zero-order valence-corrected chi connectivity index (χ0v) is 12.6. The number of carbonyl (C=O) groups is 1. The average molecular weight is 322 g/mol. The van der Waals surface area contributed by atoms with Crippen LogP contribution in [-0.4, -0.2) is 24.9 Å². The van der Waals surface area contributed by atoms with Crippen LogP contribution in [-0.2, 0) is 9.53 Å². The first kappa shape index (κ1) is 20.1. The molecule has 8 heteroatoms. The van der Waals surface area contributed by atoms with Gasteiger partial charge in [-0.05, 0) is 17.8 Å². The summed E-state index contributed by atoms with van der Waals surface area (Å²) in [5, 5.41) is 0. The van der Waals surface area contributed by atoms with Gasteiger partial charge in [0, 0.05) is 0 Å². The highest BCUT2D eigenvalue weighted by Crippen LogP contribution is 2.52. The van der Waals surface area contributed by atoms with Gasteiger partial charge in [-0.15, -0.1) is 0 Å². The van der Waals surface area contributed by atoms with E-state index in [2.05, 4.69) is 4.74 Å². The van der Waals surface area contributed by atoms with E-state index in [9.17, 15) is 31.1 Å².